The molecule has 0 bridgehead atoms. The molecule has 8 heteroatoms. The van der Waals surface area contributed by atoms with Gasteiger partial charge in [-0.1, -0.05) is 0 Å². The van der Waals surface area contributed by atoms with Crippen LogP contribution in [0.5, 0.6) is 11.5 Å². The smallest absolute Gasteiger partial charge is 0.220 e. The minimum Gasteiger partial charge on any atom is -0.497 e. The molecule has 0 saturated carbocycles. The number of rotatable bonds is 8. The highest BCUT2D eigenvalue weighted by Crippen LogP contribution is 2.26. The zero-order chi connectivity index (χ0) is 24.4. The van der Waals surface area contributed by atoms with Gasteiger partial charge in [-0.05, 0) is 81.5 Å². The number of hydrogen-bond acceptors (Lipinski definition) is 6. The first-order valence-corrected chi connectivity index (χ1v) is 11.4. The van der Waals surface area contributed by atoms with Crippen LogP contribution in [-0.4, -0.2) is 46.3 Å². The van der Waals surface area contributed by atoms with Crippen LogP contribution in [0.15, 0.2) is 24.3 Å². The molecule has 0 aliphatic heterocycles. The second-order valence-corrected chi connectivity index (χ2v) is 8.55. The summed E-state index contributed by atoms with van der Waals surface area (Å²) in [6.45, 7) is 8.57. The molecule has 0 radical (unpaired) electrons. The summed E-state index contributed by atoms with van der Waals surface area (Å²) in [4.78, 5) is 22.0. The summed E-state index contributed by atoms with van der Waals surface area (Å²) >= 11 is 0. The van der Waals surface area contributed by atoms with Crippen molar-refractivity contribution in [1.29, 1.82) is 0 Å². The van der Waals surface area contributed by atoms with Crippen molar-refractivity contribution in [3.63, 3.8) is 0 Å². The van der Waals surface area contributed by atoms with Gasteiger partial charge in [0.15, 0.2) is 11.3 Å². The van der Waals surface area contributed by atoms with Crippen molar-refractivity contribution in [3.8, 4) is 11.5 Å². The molecule has 178 valence electrons. The molecule has 0 aliphatic rings. The monoisotopic (exact) mass is 461 g/mol. The summed E-state index contributed by atoms with van der Waals surface area (Å²) in [5.41, 5.74) is 7.51. The lowest BCUT2D eigenvalue weighted by Crippen LogP contribution is -2.26. The highest BCUT2D eigenvalue weighted by Gasteiger charge is 2.17. The fourth-order valence-corrected chi connectivity index (χ4v) is 4.47. The van der Waals surface area contributed by atoms with Gasteiger partial charge in [0, 0.05) is 30.0 Å². The first-order chi connectivity index (χ1) is 16.3. The molecule has 1 N–H and O–H groups in total. The third-order valence-electron chi connectivity index (χ3n) is 6.22. The highest BCUT2D eigenvalue weighted by molar-refractivity contribution is 5.93. The molecule has 1 amide bonds. The molecule has 0 saturated heterocycles. The number of ether oxygens (including phenoxy) is 2. The second-order valence-electron chi connectivity index (χ2n) is 8.55. The van der Waals surface area contributed by atoms with Crippen molar-refractivity contribution in [3.05, 3.63) is 58.0 Å². The maximum atomic E-state index is 12.6. The zero-order valence-electron chi connectivity index (χ0n) is 20.7. The largest absolute Gasteiger partial charge is 0.497 e. The summed E-state index contributed by atoms with van der Waals surface area (Å²) in [7, 11) is 3.27. The Morgan fingerprint density at radius 2 is 1.82 bits per heavy atom. The number of amides is 1. The summed E-state index contributed by atoms with van der Waals surface area (Å²) in [6, 6.07) is 7.72. The van der Waals surface area contributed by atoms with E-state index in [1.54, 1.807) is 14.2 Å². The van der Waals surface area contributed by atoms with Gasteiger partial charge in [-0.15, -0.1) is 5.10 Å². The van der Waals surface area contributed by atoms with E-state index in [2.05, 4.69) is 23.3 Å². The standard InChI is InChI=1S/C26H31N5O3/c1-15-13-16(2)28-25-24(15)26-29-17(3)21(18(4)31(26)30-25)8-10-23(32)27-12-11-19-14-20(33-5)7-9-22(19)34-6/h7,9,13-14H,8,10-12H2,1-6H3,(H,27,32). The van der Waals surface area contributed by atoms with Gasteiger partial charge in [-0.2, -0.15) is 0 Å². The second kappa shape index (κ2) is 9.67. The highest BCUT2D eigenvalue weighted by atomic mass is 16.5. The van der Waals surface area contributed by atoms with Crippen molar-refractivity contribution in [2.24, 2.45) is 0 Å². The third-order valence-corrected chi connectivity index (χ3v) is 6.22. The molecule has 4 aromatic rings. The Bertz CT molecular complexity index is 1380. The quantitative estimate of drug-likeness (QED) is 0.429. The van der Waals surface area contributed by atoms with Crippen LogP contribution in [-0.2, 0) is 17.6 Å². The number of benzene rings is 1. The van der Waals surface area contributed by atoms with Crippen LogP contribution < -0.4 is 14.8 Å². The Morgan fingerprint density at radius 1 is 1.03 bits per heavy atom. The van der Waals surface area contributed by atoms with E-state index in [4.69, 9.17) is 19.6 Å². The van der Waals surface area contributed by atoms with E-state index in [1.165, 1.54) is 0 Å². The average Bonchev–Trinajstić information content (AvgIpc) is 3.17. The number of carbonyl (C=O) groups excluding carboxylic acids is 1. The molecule has 1 aromatic carbocycles. The van der Waals surface area contributed by atoms with E-state index in [9.17, 15) is 4.79 Å². The van der Waals surface area contributed by atoms with Gasteiger partial charge in [-0.3, -0.25) is 4.79 Å². The maximum Gasteiger partial charge on any atom is 0.220 e. The van der Waals surface area contributed by atoms with E-state index in [1.807, 2.05) is 43.5 Å². The molecule has 0 spiro atoms. The van der Waals surface area contributed by atoms with Gasteiger partial charge in [0.25, 0.3) is 0 Å². The molecule has 0 atom stereocenters. The molecule has 3 heterocycles. The molecule has 0 unspecified atom stereocenters. The summed E-state index contributed by atoms with van der Waals surface area (Å²) < 4.78 is 12.6. The Morgan fingerprint density at radius 3 is 2.56 bits per heavy atom. The number of nitrogens with zero attached hydrogens (tertiary/aromatic N) is 4. The number of nitrogens with one attached hydrogen (secondary N) is 1. The number of carbonyl (C=O) groups is 1. The van der Waals surface area contributed by atoms with Crippen LogP contribution in [0.3, 0.4) is 0 Å². The Kier molecular flexibility index (Phi) is 6.68. The predicted octanol–water partition coefficient (Wildman–Crippen LogP) is 3.82. The lowest BCUT2D eigenvalue weighted by molar-refractivity contribution is -0.121. The summed E-state index contributed by atoms with van der Waals surface area (Å²) in [6.07, 6.45) is 1.63. The molecule has 34 heavy (non-hydrogen) atoms. The van der Waals surface area contributed by atoms with E-state index in [-0.39, 0.29) is 5.91 Å². The molecule has 0 fully saturated rings. The van der Waals surface area contributed by atoms with E-state index in [0.717, 1.165) is 56.3 Å². The minimum absolute atomic E-state index is 0.000442. The Labute approximate surface area is 199 Å². The van der Waals surface area contributed by atoms with Gasteiger partial charge in [0.1, 0.15) is 11.5 Å². The van der Waals surface area contributed by atoms with Crippen molar-refractivity contribution < 1.29 is 14.3 Å². The Balaban J connectivity index is 1.45. The van der Waals surface area contributed by atoms with Crippen LogP contribution in [0.2, 0.25) is 0 Å². The Hall–Kier alpha value is -3.68. The molecule has 8 nitrogen and oxygen atoms in total. The van der Waals surface area contributed by atoms with Crippen LogP contribution in [0.1, 0.15) is 40.2 Å². The van der Waals surface area contributed by atoms with Crippen LogP contribution in [0.25, 0.3) is 16.7 Å². The van der Waals surface area contributed by atoms with Gasteiger partial charge in [0.2, 0.25) is 5.91 Å². The van der Waals surface area contributed by atoms with Crippen molar-refractivity contribution in [1.82, 2.24) is 24.9 Å². The molecule has 4 rings (SSSR count). The fourth-order valence-electron chi connectivity index (χ4n) is 4.47. The minimum atomic E-state index is -0.000442. The zero-order valence-corrected chi connectivity index (χ0v) is 20.7. The first-order valence-electron chi connectivity index (χ1n) is 11.4. The number of fused-ring (bicyclic) bond motifs is 3. The summed E-state index contributed by atoms with van der Waals surface area (Å²) in [5, 5.41) is 8.69. The maximum absolute atomic E-state index is 12.6. The van der Waals surface area contributed by atoms with Gasteiger partial charge >= 0.3 is 0 Å². The van der Waals surface area contributed by atoms with Crippen LogP contribution in [0.4, 0.5) is 0 Å². The number of hydrogen-bond donors (Lipinski definition) is 1. The normalized spacial score (nSPS) is 11.2. The van der Waals surface area contributed by atoms with Gasteiger partial charge in [-0.25, -0.2) is 14.5 Å². The molecule has 0 aliphatic carbocycles. The lowest BCUT2D eigenvalue weighted by atomic mass is 10.1. The fraction of sp³-hybridized carbons (Fsp3) is 0.385. The van der Waals surface area contributed by atoms with Crippen molar-refractivity contribution >= 4 is 22.6 Å². The summed E-state index contributed by atoms with van der Waals surface area (Å²) in [5.74, 6) is 1.55. The van der Waals surface area contributed by atoms with E-state index in [0.29, 0.717) is 31.5 Å². The van der Waals surface area contributed by atoms with Gasteiger partial charge < -0.3 is 14.8 Å². The van der Waals surface area contributed by atoms with Crippen LogP contribution >= 0.6 is 0 Å². The molecule has 3 aromatic heterocycles. The van der Waals surface area contributed by atoms with E-state index >= 15 is 0 Å². The molecular weight excluding hydrogens is 430 g/mol. The number of aryl methyl sites for hydroxylation is 4. The average molecular weight is 462 g/mol. The SMILES string of the molecule is COc1ccc(OC)c(CCNC(=O)CCc2c(C)nc3c4c(C)cc(C)nc4nn3c2C)c1. The van der Waals surface area contributed by atoms with Crippen molar-refractivity contribution in [2.75, 3.05) is 20.8 Å². The lowest BCUT2D eigenvalue weighted by Gasteiger charge is -2.12. The van der Waals surface area contributed by atoms with Crippen molar-refractivity contribution in [2.45, 2.75) is 47.0 Å². The number of pyridine rings is 1. The molecular formula is C26H31N5O3. The third kappa shape index (κ3) is 4.53. The first kappa shape index (κ1) is 23.5. The number of aromatic nitrogens is 4. The number of methoxy groups -OCH3 is 2. The van der Waals surface area contributed by atoms with Crippen LogP contribution in [0, 0.1) is 27.7 Å². The van der Waals surface area contributed by atoms with Gasteiger partial charge in [0.05, 0.1) is 19.6 Å². The topological polar surface area (TPSA) is 90.6 Å². The predicted molar refractivity (Wildman–Crippen MR) is 132 cm³/mol. The van der Waals surface area contributed by atoms with E-state index < -0.39 is 0 Å².